The van der Waals surface area contributed by atoms with Crippen molar-refractivity contribution in [2.75, 3.05) is 25.0 Å². The summed E-state index contributed by atoms with van der Waals surface area (Å²) in [6.07, 6.45) is 4.99. The highest BCUT2D eigenvalue weighted by Gasteiger charge is 2.33. The third-order valence-corrected chi connectivity index (χ3v) is 7.48. The van der Waals surface area contributed by atoms with E-state index >= 15 is 0 Å². The maximum absolute atomic E-state index is 12.5. The van der Waals surface area contributed by atoms with E-state index in [1.807, 2.05) is 24.4 Å². The van der Waals surface area contributed by atoms with Crippen molar-refractivity contribution in [2.24, 2.45) is 4.99 Å². The fourth-order valence-corrected chi connectivity index (χ4v) is 5.51. The topological polar surface area (TPSA) is 107 Å². The van der Waals surface area contributed by atoms with E-state index in [1.54, 1.807) is 24.3 Å². The number of hydrogen-bond donors (Lipinski definition) is 3. The molecule has 2 aromatic carbocycles. The fourth-order valence-electron chi connectivity index (χ4n) is 4.39. The predicted octanol–water partition coefficient (Wildman–Crippen LogP) is 3.56. The molecule has 3 heterocycles. The number of nitrogens with one attached hydrogen (secondary N) is 3. The number of para-hydroxylation sites is 1. The molecule has 0 aliphatic carbocycles. The molecule has 35 heavy (non-hydrogen) atoms. The van der Waals surface area contributed by atoms with Gasteiger partial charge < -0.3 is 20.5 Å². The summed E-state index contributed by atoms with van der Waals surface area (Å²) in [5.41, 5.74) is 3.35. The minimum absolute atomic E-state index is 0.0699. The van der Waals surface area contributed by atoms with Gasteiger partial charge in [0.2, 0.25) is 5.91 Å². The highest BCUT2D eigenvalue weighted by atomic mass is 32.2. The standard InChI is InChI=1S/C26H27N5O3S/c32-23(15-22-25(34)30-26(35-22)31-13-3-4-14-31)29-19-9-7-17(8-10-19)24(33)27-12-11-18-16-28-21-6-2-1-5-20(18)21/h1-2,5-10,16,22,28H,3-4,11-15H2,(H,27,33)(H,29,32). The Balaban J connectivity index is 1.08. The average Bonchev–Trinajstić information content (AvgIpc) is 3.61. The van der Waals surface area contributed by atoms with Crippen molar-refractivity contribution in [3.63, 3.8) is 0 Å². The molecule has 0 saturated carbocycles. The molecule has 1 unspecified atom stereocenters. The van der Waals surface area contributed by atoms with E-state index in [-0.39, 0.29) is 24.1 Å². The molecule has 3 amide bonds. The van der Waals surface area contributed by atoms with E-state index < -0.39 is 5.25 Å². The Kier molecular flexibility index (Phi) is 6.85. The van der Waals surface area contributed by atoms with Crippen LogP contribution < -0.4 is 10.6 Å². The lowest BCUT2D eigenvalue weighted by molar-refractivity contribution is -0.121. The van der Waals surface area contributed by atoms with Crippen LogP contribution in [0.2, 0.25) is 0 Å². The average molecular weight is 490 g/mol. The van der Waals surface area contributed by atoms with Crippen LogP contribution >= 0.6 is 11.8 Å². The summed E-state index contributed by atoms with van der Waals surface area (Å²) >= 11 is 1.38. The first-order valence-electron chi connectivity index (χ1n) is 11.8. The number of likely N-dealkylation sites (tertiary alicyclic amines) is 1. The number of nitrogens with zero attached hydrogens (tertiary/aromatic N) is 2. The molecule has 2 aliphatic rings. The number of anilines is 1. The number of amidine groups is 1. The van der Waals surface area contributed by atoms with Crippen LogP contribution in [0, 0.1) is 0 Å². The minimum atomic E-state index is -0.479. The molecule has 180 valence electrons. The van der Waals surface area contributed by atoms with Crippen LogP contribution in [0.25, 0.3) is 10.9 Å². The molecule has 9 heteroatoms. The monoisotopic (exact) mass is 489 g/mol. The molecule has 1 saturated heterocycles. The lowest BCUT2D eigenvalue weighted by Gasteiger charge is -2.16. The van der Waals surface area contributed by atoms with Crippen LogP contribution in [0.4, 0.5) is 5.69 Å². The Morgan fingerprint density at radius 1 is 1.09 bits per heavy atom. The number of rotatable bonds is 7. The summed E-state index contributed by atoms with van der Waals surface area (Å²) in [5.74, 6) is -0.654. The smallest absolute Gasteiger partial charge is 0.262 e. The fraction of sp³-hybridized carbons (Fsp3) is 0.308. The third kappa shape index (κ3) is 5.40. The second kappa shape index (κ2) is 10.4. The molecule has 8 nitrogen and oxygen atoms in total. The second-order valence-electron chi connectivity index (χ2n) is 8.73. The molecule has 1 atom stereocenters. The number of H-pyrrole nitrogens is 1. The molecule has 2 aliphatic heterocycles. The van der Waals surface area contributed by atoms with E-state index in [9.17, 15) is 14.4 Å². The summed E-state index contributed by atoms with van der Waals surface area (Å²) in [5, 5.41) is 7.19. The Bertz CT molecular complexity index is 1280. The Morgan fingerprint density at radius 2 is 1.86 bits per heavy atom. The molecule has 5 rings (SSSR count). The van der Waals surface area contributed by atoms with Crippen LogP contribution in [-0.2, 0) is 16.0 Å². The van der Waals surface area contributed by atoms with Crippen molar-refractivity contribution in [3.05, 3.63) is 65.9 Å². The maximum atomic E-state index is 12.5. The highest BCUT2D eigenvalue weighted by molar-refractivity contribution is 8.15. The van der Waals surface area contributed by atoms with E-state index in [4.69, 9.17) is 0 Å². The van der Waals surface area contributed by atoms with Crippen molar-refractivity contribution >= 4 is 51.2 Å². The SMILES string of the molecule is O=C(CC1SC(N2CCCC2)=NC1=O)Nc1ccc(C(=O)NCCc2c[nH]c3ccccc23)cc1. The van der Waals surface area contributed by atoms with Crippen molar-refractivity contribution in [2.45, 2.75) is 30.9 Å². The minimum Gasteiger partial charge on any atom is -0.361 e. The van der Waals surface area contributed by atoms with Gasteiger partial charge in [-0.25, -0.2) is 0 Å². The first-order valence-corrected chi connectivity index (χ1v) is 12.7. The summed E-state index contributed by atoms with van der Waals surface area (Å²) < 4.78 is 0. The van der Waals surface area contributed by atoms with E-state index in [1.165, 1.54) is 17.1 Å². The number of aliphatic imine (C=N–C) groups is 1. The first kappa shape index (κ1) is 23.2. The third-order valence-electron chi connectivity index (χ3n) is 6.26. The number of amides is 3. The molecule has 1 fully saturated rings. The number of aromatic amines is 1. The molecular formula is C26H27N5O3S. The van der Waals surface area contributed by atoms with Gasteiger partial charge in [0.05, 0.1) is 0 Å². The van der Waals surface area contributed by atoms with Gasteiger partial charge >= 0.3 is 0 Å². The summed E-state index contributed by atoms with van der Waals surface area (Å²) in [4.78, 5) is 46.7. The molecule has 1 aromatic heterocycles. The van der Waals surface area contributed by atoms with Crippen LogP contribution in [-0.4, -0.2) is 57.7 Å². The number of aromatic nitrogens is 1. The normalized spacial score (nSPS) is 17.6. The number of hydrogen-bond acceptors (Lipinski definition) is 5. The van der Waals surface area contributed by atoms with Gasteiger partial charge in [-0.15, -0.1) is 0 Å². The predicted molar refractivity (Wildman–Crippen MR) is 139 cm³/mol. The molecule has 0 radical (unpaired) electrons. The van der Waals surface area contributed by atoms with E-state index in [2.05, 4.69) is 31.6 Å². The van der Waals surface area contributed by atoms with Crippen molar-refractivity contribution in [1.29, 1.82) is 0 Å². The largest absolute Gasteiger partial charge is 0.361 e. The van der Waals surface area contributed by atoms with Crippen LogP contribution in [0.5, 0.6) is 0 Å². The number of benzene rings is 2. The lowest BCUT2D eigenvalue weighted by atomic mass is 10.1. The Hall–Kier alpha value is -3.59. The zero-order valence-corrected chi connectivity index (χ0v) is 20.1. The molecular weight excluding hydrogens is 462 g/mol. The second-order valence-corrected chi connectivity index (χ2v) is 9.90. The summed E-state index contributed by atoms with van der Waals surface area (Å²) in [7, 11) is 0. The van der Waals surface area contributed by atoms with Gasteiger partial charge in [0.1, 0.15) is 5.25 Å². The zero-order chi connectivity index (χ0) is 24.2. The van der Waals surface area contributed by atoms with Gasteiger partial charge in [0, 0.05) is 54.4 Å². The van der Waals surface area contributed by atoms with Gasteiger partial charge in [0.15, 0.2) is 5.17 Å². The van der Waals surface area contributed by atoms with Crippen LogP contribution in [0.15, 0.2) is 59.7 Å². The van der Waals surface area contributed by atoms with E-state index in [0.717, 1.165) is 48.6 Å². The lowest BCUT2D eigenvalue weighted by Crippen LogP contribution is -2.26. The van der Waals surface area contributed by atoms with Crippen molar-refractivity contribution < 1.29 is 14.4 Å². The van der Waals surface area contributed by atoms with Gasteiger partial charge in [-0.2, -0.15) is 4.99 Å². The first-order chi connectivity index (χ1) is 17.1. The number of fused-ring (bicyclic) bond motifs is 1. The van der Waals surface area contributed by atoms with Gasteiger partial charge in [-0.05, 0) is 55.2 Å². The number of carbonyl (C=O) groups excluding carboxylic acids is 3. The van der Waals surface area contributed by atoms with Gasteiger partial charge in [-0.3, -0.25) is 14.4 Å². The van der Waals surface area contributed by atoms with Crippen molar-refractivity contribution in [3.8, 4) is 0 Å². The summed E-state index contributed by atoms with van der Waals surface area (Å²) in [6, 6.07) is 14.8. The molecule has 0 spiro atoms. The van der Waals surface area contributed by atoms with Gasteiger partial charge in [0.25, 0.3) is 11.8 Å². The quantitative estimate of drug-likeness (QED) is 0.471. The maximum Gasteiger partial charge on any atom is 0.262 e. The Labute approximate surface area is 207 Å². The Morgan fingerprint density at radius 3 is 2.66 bits per heavy atom. The molecule has 3 N–H and O–H groups in total. The molecule has 0 bridgehead atoms. The number of thioether (sulfide) groups is 1. The van der Waals surface area contributed by atoms with Gasteiger partial charge in [-0.1, -0.05) is 30.0 Å². The van der Waals surface area contributed by atoms with E-state index in [0.29, 0.717) is 17.8 Å². The van der Waals surface area contributed by atoms with Crippen LogP contribution in [0.3, 0.4) is 0 Å². The molecule has 3 aromatic rings. The number of carbonyl (C=O) groups is 3. The highest BCUT2D eigenvalue weighted by Crippen LogP contribution is 2.29. The zero-order valence-electron chi connectivity index (χ0n) is 19.3. The summed E-state index contributed by atoms with van der Waals surface area (Å²) in [6.45, 7) is 2.36. The van der Waals surface area contributed by atoms with Crippen LogP contribution in [0.1, 0.15) is 35.2 Å². The van der Waals surface area contributed by atoms with Crippen molar-refractivity contribution in [1.82, 2.24) is 15.2 Å².